The molecule has 1 atom stereocenters. The number of halogens is 2. The molecular formula is C20H28F2N2O2. The molecule has 0 spiro atoms. The molecule has 1 N–H and O–H groups in total. The molecule has 0 aromatic heterocycles. The Balaban J connectivity index is 1.74. The summed E-state index contributed by atoms with van der Waals surface area (Å²) in [5.74, 6) is -1.65. The third-order valence-corrected chi connectivity index (χ3v) is 5.23. The Hall–Kier alpha value is -1.53. The van der Waals surface area contributed by atoms with Crippen molar-refractivity contribution in [3.63, 3.8) is 0 Å². The van der Waals surface area contributed by atoms with E-state index in [1.807, 2.05) is 0 Å². The number of nitrogens with zero attached hydrogens (tertiary/aromatic N) is 1. The molecule has 1 amide bonds. The van der Waals surface area contributed by atoms with Gasteiger partial charge in [0.2, 0.25) is 5.91 Å². The largest absolute Gasteiger partial charge is 0.385 e. The summed E-state index contributed by atoms with van der Waals surface area (Å²) in [7, 11) is 1.62. The third-order valence-electron chi connectivity index (χ3n) is 5.23. The predicted octanol–water partition coefficient (Wildman–Crippen LogP) is 3.03. The molecule has 0 bridgehead atoms. The van der Waals surface area contributed by atoms with Crippen LogP contribution < -0.4 is 5.32 Å². The zero-order valence-electron chi connectivity index (χ0n) is 15.4. The molecule has 1 saturated carbocycles. The average Bonchev–Trinajstić information content (AvgIpc) is 3.48. The number of aryl methyl sites for hydroxylation is 1. The van der Waals surface area contributed by atoms with Crippen LogP contribution in [0.1, 0.15) is 43.2 Å². The summed E-state index contributed by atoms with van der Waals surface area (Å²) in [6.45, 7) is 2.35. The van der Waals surface area contributed by atoms with Gasteiger partial charge in [-0.25, -0.2) is 8.78 Å². The molecule has 2 aliphatic rings. The Morgan fingerprint density at radius 1 is 1.31 bits per heavy atom. The van der Waals surface area contributed by atoms with E-state index in [2.05, 4.69) is 5.32 Å². The lowest BCUT2D eigenvalue weighted by atomic mass is 9.97. The second-order valence-corrected chi connectivity index (χ2v) is 7.39. The van der Waals surface area contributed by atoms with Crippen LogP contribution in [0.15, 0.2) is 12.1 Å². The van der Waals surface area contributed by atoms with Crippen LogP contribution in [0.5, 0.6) is 0 Å². The highest BCUT2D eigenvalue weighted by Crippen LogP contribution is 2.31. The van der Waals surface area contributed by atoms with E-state index >= 15 is 0 Å². The second kappa shape index (κ2) is 8.91. The molecule has 1 aliphatic heterocycles. The number of piperidine rings is 1. The molecule has 26 heavy (non-hydrogen) atoms. The third kappa shape index (κ3) is 4.80. The Kier molecular flexibility index (Phi) is 6.59. The van der Waals surface area contributed by atoms with Gasteiger partial charge in [0.25, 0.3) is 0 Å². The smallest absolute Gasteiger partial charge is 0.227 e. The number of benzene rings is 1. The Morgan fingerprint density at radius 2 is 2.12 bits per heavy atom. The lowest BCUT2D eigenvalue weighted by Crippen LogP contribution is -2.43. The van der Waals surface area contributed by atoms with Gasteiger partial charge in [-0.1, -0.05) is 6.07 Å². The zero-order valence-corrected chi connectivity index (χ0v) is 15.4. The van der Waals surface area contributed by atoms with E-state index in [9.17, 15) is 13.6 Å². The lowest BCUT2D eigenvalue weighted by Gasteiger charge is -2.30. The molecule has 1 unspecified atom stereocenters. The van der Waals surface area contributed by atoms with Crippen molar-refractivity contribution in [3.8, 4) is 0 Å². The predicted molar refractivity (Wildman–Crippen MR) is 95.7 cm³/mol. The standard InChI is InChI=1S/C20H28F2N2O2/c1-26-9-3-4-14-10-16(19(22)18(21)11-14)13-24(17-6-7-17)20(25)15-5-2-8-23-12-15/h10-11,15,17,23H,2-9,12-13H2,1H3. The molecular weight excluding hydrogens is 338 g/mol. The van der Waals surface area contributed by atoms with Crippen LogP contribution >= 0.6 is 0 Å². The number of methoxy groups -OCH3 is 1. The van der Waals surface area contributed by atoms with E-state index in [0.717, 1.165) is 44.2 Å². The summed E-state index contributed by atoms with van der Waals surface area (Å²) in [6.07, 6.45) is 5.12. The quantitative estimate of drug-likeness (QED) is 0.719. The molecule has 1 heterocycles. The molecule has 1 saturated heterocycles. The first-order chi connectivity index (χ1) is 12.6. The van der Waals surface area contributed by atoms with Crippen LogP contribution in [0.2, 0.25) is 0 Å². The highest BCUT2D eigenvalue weighted by molar-refractivity contribution is 5.80. The summed E-state index contributed by atoms with van der Waals surface area (Å²) in [5, 5.41) is 3.26. The van der Waals surface area contributed by atoms with E-state index in [0.29, 0.717) is 19.6 Å². The van der Waals surface area contributed by atoms with Crippen molar-refractivity contribution in [1.82, 2.24) is 10.2 Å². The van der Waals surface area contributed by atoms with Crippen LogP contribution in [0.4, 0.5) is 8.78 Å². The highest BCUT2D eigenvalue weighted by Gasteiger charge is 2.36. The second-order valence-electron chi connectivity index (χ2n) is 7.39. The Bertz CT molecular complexity index is 628. The summed E-state index contributed by atoms with van der Waals surface area (Å²) >= 11 is 0. The molecule has 2 fully saturated rings. The van der Waals surface area contributed by atoms with Crippen molar-refractivity contribution in [3.05, 3.63) is 34.9 Å². The number of hydrogen-bond acceptors (Lipinski definition) is 3. The minimum atomic E-state index is -0.836. The fraction of sp³-hybridized carbons (Fsp3) is 0.650. The van der Waals surface area contributed by atoms with Crippen molar-refractivity contribution in [2.45, 2.75) is 51.1 Å². The maximum Gasteiger partial charge on any atom is 0.227 e. The van der Waals surface area contributed by atoms with Gasteiger partial charge in [-0.3, -0.25) is 4.79 Å². The maximum absolute atomic E-state index is 14.4. The van der Waals surface area contributed by atoms with Gasteiger partial charge >= 0.3 is 0 Å². The van der Waals surface area contributed by atoms with Crippen LogP contribution in [-0.4, -0.2) is 43.7 Å². The molecule has 6 heteroatoms. The number of carbonyl (C=O) groups is 1. The number of hydrogen-bond donors (Lipinski definition) is 1. The molecule has 144 valence electrons. The fourth-order valence-corrected chi connectivity index (χ4v) is 3.64. The summed E-state index contributed by atoms with van der Waals surface area (Å²) in [4.78, 5) is 14.7. The van der Waals surface area contributed by atoms with Crippen LogP contribution in [0, 0.1) is 17.6 Å². The van der Waals surface area contributed by atoms with Gasteiger partial charge in [0.1, 0.15) is 0 Å². The maximum atomic E-state index is 14.4. The highest BCUT2D eigenvalue weighted by atomic mass is 19.2. The van der Waals surface area contributed by atoms with Crippen molar-refractivity contribution >= 4 is 5.91 Å². The van der Waals surface area contributed by atoms with Crippen LogP contribution in [0.25, 0.3) is 0 Å². The van der Waals surface area contributed by atoms with E-state index < -0.39 is 11.6 Å². The Morgan fingerprint density at radius 3 is 2.77 bits per heavy atom. The van der Waals surface area contributed by atoms with Crippen LogP contribution in [-0.2, 0) is 22.5 Å². The van der Waals surface area contributed by atoms with Crippen molar-refractivity contribution in [2.75, 3.05) is 26.8 Å². The van der Waals surface area contributed by atoms with E-state index in [1.54, 1.807) is 18.1 Å². The van der Waals surface area contributed by atoms with Gasteiger partial charge in [-0.2, -0.15) is 0 Å². The fourth-order valence-electron chi connectivity index (χ4n) is 3.64. The van der Waals surface area contributed by atoms with Gasteiger partial charge < -0.3 is 15.0 Å². The van der Waals surface area contributed by atoms with Gasteiger partial charge in [0, 0.05) is 38.4 Å². The molecule has 4 nitrogen and oxygen atoms in total. The van der Waals surface area contributed by atoms with Gasteiger partial charge in [-0.05, 0) is 56.7 Å². The first-order valence-corrected chi connectivity index (χ1v) is 9.57. The van der Waals surface area contributed by atoms with Crippen LogP contribution in [0.3, 0.4) is 0 Å². The monoisotopic (exact) mass is 366 g/mol. The minimum absolute atomic E-state index is 0.0536. The number of amides is 1. The number of rotatable bonds is 8. The first-order valence-electron chi connectivity index (χ1n) is 9.57. The molecule has 1 aliphatic carbocycles. The SMILES string of the molecule is COCCCc1cc(F)c(F)c(CN(C(=O)C2CCCNC2)C2CC2)c1. The summed E-state index contributed by atoms with van der Waals surface area (Å²) in [5.41, 5.74) is 1.03. The Labute approximate surface area is 153 Å². The van der Waals surface area contributed by atoms with E-state index in [1.165, 1.54) is 6.07 Å². The molecule has 1 aromatic carbocycles. The van der Waals surface area contributed by atoms with Crippen molar-refractivity contribution < 1.29 is 18.3 Å². The molecule has 0 radical (unpaired) electrons. The summed E-state index contributed by atoms with van der Waals surface area (Å²) in [6, 6.07) is 3.13. The van der Waals surface area contributed by atoms with E-state index in [4.69, 9.17) is 4.74 Å². The average molecular weight is 366 g/mol. The number of nitrogens with one attached hydrogen (secondary N) is 1. The first kappa shape index (κ1) is 19.2. The topological polar surface area (TPSA) is 41.6 Å². The lowest BCUT2D eigenvalue weighted by molar-refractivity contribution is -0.137. The van der Waals surface area contributed by atoms with E-state index in [-0.39, 0.29) is 30.0 Å². The van der Waals surface area contributed by atoms with Gasteiger partial charge in [-0.15, -0.1) is 0 Å². The minimum Gasteiger partial charge on any atom is -0.385 e. The van der Waals surface area contributed by atoms with Gasteiger partial charge in [0.05, 0.1) is 5.92 Å². The summed E-state index contributed by atoms with van der Waals surface area (Å²) < 4.78 is 33.4. The number of carbonyl (C=O) groups excluding carboxylic acids is 1. The molecule has 1 aromatic rings. The van der Waals surface area contributed by atoms with Crippen molar-refractivity contribution in [2.24, 2.45) is 5.92 Å². The zero-order chi connectivity index (χ0) is 18.5. The number of ether oxygens (including phenoxy) is 1. The van der Waals surface area contributed by atoms with Gasteiger partial charge in [0.15, 0.2) is 11.6 Å². The molecule has 3 rings (SSSR count). The normalized spacial score (nSPS) is 20.2. The van der Waals surface area contributed by atoms with Crippen molar-refractivity contribution in [1.29, 1.82) is 0 Å².